The number of benzene rings is 1. The second-order valence-corrected chi connectivity index (χ2v) is 6.34. The van der Waals surface area contributed by atoms with Gasteiger partial charge in [0.2, 0.25) is 0 Å². The molecule has 0 radical (unpaired) electrons. The van der Waals surface area contributed by atoms with Gasteiger partial charge in [0.05, 0.1) is 0 Å². The van der Waals surface area contributed by atoms with Crippen LogP contribution in [0.15, 0.2) is 24.3 Å². The highest BCUT2D eigenvalue weighted by Crippen LogP contribution is 2.18. The Morgan fingerprint density at radius 2 is 1.90 bits per heavy atom. The minimum atomic E-state index is 0.355. The van der Waals surface area contributed by atoms with Gasteiger partial charge in [-0.05, 0) is 75.9 Å². The maximum Gasteiger partial charge on any atom is 0.115 e. The summed E-state index contributed by atoms with van der Waals surface area (Å²) in [7, 11) is 0. The second kappa shape index (κ2) is 8.40. The molecule has 3 heteroatoms. The van der Waals surface area contributed by atoms with Crippen molar-refractivity contribution in [3.8, 4) is 5.75 Å². The lowest BCUT2D eigenvalue weighted by atomic mass is 9.96. The molecule has 0 aliphatic carbocycles. The Bertz CT molecular complexity index is 398. The first-order valence-corrected chi connectivity index (χ1v) is 8.41. The Balaban J connectivity index is 1.78. The Kier molecular flexibility index (Phi) is 6.52. The van der Waals surface area contributed by atoms with E-state index in [2.05, 4.69) is 24.1 Å². The van der Waals surface area contributed by atoms with Gasteiger partial charge in [-0.25, -0.2) is 0 Å². The average molecular weight is 290 g/mol. The van der Waals surface area contributed by atoms with Crippen LogP contribution in [0.2, 0.25) is 0 Å². The van der Waals surface area contributed by atoms with Crippen LogP contribution in [0.1, 0.15) is 38.7 Å². The number of rotatable bonds is 7. The number of nitrogens with zero attached hydrogens (tertiary/aromatic N) is 1. The molecule has 2 N–H and O–H groups in total. The van der Waals surface area contributed by atoms with Crippen molar-refractivity contribution in [3.05, 3.63) is 29.8 Å². The van der Waals surface area contributed by atoms with Crippen molar-refractivity contribution in [2.24, 2.45) is 5.92 Å². The number of phenolic OH excluding ortho intramolecular Hbond substituents is 1. The van der Waals surface area contributed by atoms with Crippen LogP contribution in [-0.4, -0.2) is 42.2 Å². The maximum absolute atomic E-state index is 9.33. The average Bonchev–Trinajstić information content (AvgIpc) is 2.52. The highest BCUT2D eigenvalue weighted by Gasteiger charge is 2.19. The van der Waals surface area contributed by atoms with Crippen LogP contribution in [0.5, 0.6) is 5.75 Å². The van der Waals surface area contributed by atoms with Gasteiger partial charge in [-0.15, -0.1) is 0 Å². The molecule has 0 bridgehead atoms. The van der Waals surface area contributed by atoms with E-state index in [-0.39, 0.29) is 0 Å². The molecule has 1 aliphatic rings. The number of aromatic hydroxyl groups is 1. The van der Waals surface area contributed by atoms with E-state index in [4.69, 9.17) is 0 Å². The first-order chi connectivity index (χ1) is 10.2. The fraction of sp³-hybridized carbons (Fsp3) is 0.667. The van der Waals surface area contributed by atoms with Crippen molar-refractivity contribution in [1.29, 1.82) is 0 Å². The van der Waals surface area contributed by atoms with E-state index in [9.17, 15) is 5.11 Å². The molecule has 1 heterocycles. The highest BCUT2D eigenvalue weighted by atomic mass is 16.3. The molecular formula is C18H30N2O. The predicted octanol–water partition coefficient (Wildman–Crippen LogP) is 3.03. The molecule has 0 aromatic heterocycles. The third kappa shape index (κ3) is 5.33. The molecule has 1 unspecified atom stereocenters. The van der Waals surface area contributed by atoms with E-state index in [0.29, 0.717) is 11.8 Å². The molecule has 1 fully saturated rings. The normalized spacial score (nSPS) is 18.0. The van der Waals surface area contributed by atoms with Gasteiger partial charge in [-0.3, -0.25) is 0 Å². The smallest absolute Gasteiger partial charge is 0.115 e. The monoisotopic (exact) mass is 290 g/mol. The van der Waals surface area contributed by atoms with Crippen molar-refractivity contribution in [3.63, 3.8) is 0 Å². The lowest BCUT2D eigenvalue weighted by Gasteiger charge is -2.33. The molecular weight excluding hydrogens is 260 g/mol. The van der Waals surface area contributed by atoms with Crippen LogP contribution < -0.4 is 5.32 Å². The van der Waals surface area contributed by atoms with Crippen molar-refractivity contribution >= 4 is 0 Å². The summed E-state index contributed by atoms with van der Waals surface area (Å²) in [6.45, 7) is 9.38. The third-order valence-electron chi connectivity index (χ3n) is 4.77. The van der Waals surface area contributed by atoms with Gasteiger partial charge in [0, 0.05) is 12.6 Å². The zero-order valence-electron chi connectivity index (χ0n) is 13.5. The Morgan fingerprint density at radius 3 is 2.52 bits per heavy atom. The van der Waals surface area contributed by atoms with Crippen molar-refractivity contribution in [1.82, 2.24) is 10.2 Å². The Labute approximate surface area is 129 Å². The number of hydrogen-bond acceptors (Lipinski definition) is 3. The first-order valence-electron chi connectivity index (χ1n) is 8.41. The van der Waals surface area contributed by atoms with Crippen LogP contribution in [0, 0.1) is 5.92 Å². The number of aryl methyl sites for hydroxylation is 1. The van der Waals surface area contributed by atoms with Crippen LogP contribution in [0.4, 0.5) is 0 Å². The summed E-state index contributed by atoms with van der Waals surface area (Å²) in [5.74, 6) is 1.22. The van der Waals surface area contributed by atoms with Crippen molar-refractivity contribution in [2.45, 2.75) is 45.6 Å². The van der Waals surface area contributed by atoms with Gasteiger partial charge >= 0.3 is 0 Å². The Morgan fingerprint density at radius 1 is 1.24 bits per heavy atom. The van der Waals surface area contributed by atoms with Gasteiger partial charge < -0.3 is 15.3 Å². The summed E-state index contributed by atoms with van der Waals surface area (Å²) < 4.78 is 0. The molecule has 0 spiro atoms. The summed E-state index contributed by atoms with van der Waals surface area (Å²) in [4.78, 5) is 2.64. The lowest BCUT2D eigenvalue weighted by molar-refractivity contribution is 0.162. The predicted molar refractivity (Wildman–Crippen MR) is 88.7 cm³/mol. The molecule has 1 aliphatic heterocycles. The molecule has 1 aromatic carbocycles. The molecule has 1 atom stereocenters. The first kappa shape index (κ1) is 16.3. The fourth-order valence-electron chi connectivity index (χ4n) is 3.24. The third-order valence-corrected chi connectivity index (χ3v) is 4.77. The number of piperidine rings is 1. The number of nitrogens with one attached hydrogen (secondary N) is 1. The van der Waals surface area contributed by atoms with Crippen LogP contribution in [0.25, 0.3) is 0 Å². The highest BCUT2D eigenvalue weighted by molar-refractivity contribution is 5.25. The van der Waals surface area contributed by atoms with Gasteiger partial charge in [-0.2, -0.15) is 0 Å². The topological polar surface area (TPSA) is 35.5 Å². The quantitative estimate of drug-likeness (QED) is 0.810. The number of hydrogen-bond donors (Lipinski definition) is 2. The molecule has 21 heavy (non-hydrogen) atoms. The SMILES string of the molecule is CCN(CC1CCNCC1)C(C)CCc1ccc(O)cc1. The summed E-state index contributed by atoms with van der Waals surface area (Å²) in [5.41, 5.74) is 1.32. The van der Waals surface area contributed by atoms with Crippen LogP contribution >= 0.6 is 0 Å². The van der Waals surface area contributed by atoms with E-state index in [1.54, 1.807) is 12.1 Å². The van der Waals surface area contributed by atoms with E-state index < -0.39 is 0 Å². The van der Waals surface area contributed by atoms with Crippen molar-refractivity contribution in [2.75, 3.05) is 26.2 Å². The van der Waals surface area contributed by atoms with Gasteiger partial charge in [0.25, 0.3) is 0 Å². The minimum Gasteiger partial charge on any atom is -0.508 e. The van der Waals surface area contributed by atoms with E-state index in [1.165, 1.54) is 44.5 Å². The molecule has 3 nitrogen and oxygen atoms in total. The molecule has 1 aromatic rings. The number of phenols is 1. The second-order valence-electron chi connectivity index (χ2n) is 6.34. The van der Waals surface area contributed by atoms with Crippen LogP contribution in [0.3, 0.4) is 0 Å². The van der Waals surface area contributed by atoms with E-state index >= 15 is 0 Å². The molecule has 118 valence electrons. The molecule has 1 saturated heterocycles. The van der Waals surface area contributed by atoms with Crippen molar-refractivity contribution < 1.29 is 5.11 Å². The largest absolute Gasteiger partial charge is 0.508 e. The Hall–Kier alpha value is -1.06. The fourth-order valence-corrected chi connectivity index (χ4v) is 3.24. The molecule has 0 amide bonds. The minimum absolute atomic E-state index is 0.355. The summed E-state index contributed by atoms with van der Waals surface area (Å²) in [5, 5.41) is 12.8. The summed E-state index contributed by atoms with van der Waals surface area (Å²) in [6, 6.07) is 8.26. The van der Waals surface area contributed by atoms with Gasteiger partial charge in [0.1, 0.15) is 5.75 Å². The van der Waals surface area contributed by atoms with E-state index in [1.807, 2.05) is 12.1 Å². The summed E-state index contributed by atoms with van der Waals surface area (Å²) in [6.07, 6.45) is 4.91. The molecule has 2 rings (SSSR count). The zero-order valence-corrected chi connectivity index (χ0v) is 13.5. The lowest BCUT2D eigenvalue weighted by Crippen LogP contribution is -2.40. The van der Waals surface area contributed by atoms with Gasteiger partial charge in [0.15, 0.2) is 0 Å². The zero-order chi connectivity index (χ0) is 15.1. The van der Waals surface area contributed by atoms with E-state index in [0.717, 1.165) is 18.9 Å². The standard InChI is InChI=1S/C18H30N2O/c1-3-20(14-17-10-12-19-13-11-17)15(2)4-5-16-6-8-18(21)9-7-16/h6-9,15,17,19,21H,3-5,10-14H2,1-2H3. The maximum atomic E-state index is 9.33. The van der Waals surface area contributed by atoms with Crippen LogP contribution in [-0.2, 0) is 6.42 Å². The van der Waals surface area contributed by atoms with Gasteiger partial charge in [-0.1, -0.05) is 19.1 Å². The molecule has 0 saturated carbocycles. The summed E-state index contributed by atoms with van der Waals surface area (Å²) >= 11 is 0.